The van der Waals surface area contributed by atoms with Gasteiger partial charge in [0.2, 0.25) is 0 Å². The molecule has 0 saturated carbocycles. The molecule has 1 aromatic carbocycles. The largest absolute Gasteiger partial charge is 1.00 e. The quantitative estimate of drug-likeness (QED) is 0.155. The molecule has 4 aromatic rings. The van der Waals surface area contributed by atoms with Gasteiger partial charge in [-0.2, -0.15) is 0 Å². The number of thiophene rings is 1. The van der Waals surface area contributed by atoms with E-state index in [9.17, 15) is 4.79 Å². The summed E-state index contributed by atoms with van der Waals surface area (Å²) in [5, 5.41) is 1.26. The molecule has 0 atom stereocenters. The van der Waals surface area contributed by atoms with Gasteiger partial charge in [-0.15, -0.1) is 0 Å². The van der Waals surface area contributed by atoms with Crippen molar-refractivity contribution in [3.63, 3.8) is 0 Å². The Morgan fingerprint density at radius 3 is 2.71 bits per heavy atom. The number of benzene rings is 1. The third kappa shape index (κ3) is 4.33. The second-order valence-corrected chi connectivity index (χ2v) is 10.3. The maximum absolute atomic E-state index is 11.7. The molecule has 0 spiro atoms. The van der Waals surface area contributed by atoms with Crippen molar-refractivity contribution in [2.75, 3.05) is 7.11 Å². The zero-order chi connectivity index (χ0) is 18.8. The van der Waals surface area contributed by atoms with E-state index in [4.69, 9.17) is 4.74 Å². The van der Waals surface area contributed by atoms with E-state index in [0.29, 0.717) is 0 Å². The average molecular weight is 586 g/mol. The van der Waals surface area contributed by atoms with Crippen molar-refractivity contribution in [1.29, 1.82) is 0 Å². The molecule has 0 N–H and O–H groups in total. The molecule has 7 heteroatoms. The minimum atomic E-state index is -0.216. The van der Waals surface area contributed by atoms with Crippen LogP contribution >= 0.6 is 22.7 Å². The summed E-state index contributed by atoms with van der Waals surface area (Å²) in [5.41, 5.74) is 1.29. The van der Waals surface area contributed by atoms with Crippen LogP contribution in [0.3, 0.4) is 0 Å². The fraction of sp³-hybridized carbons (Fsp3) is 0.143. The van der Waals surface area contributed by atoms with Gasteiger partial charge < -0.3 is 24.0 Å². The molecule has 0 saturated heterocycles. The molecule has 0 fully saturated rings. The predicted molar refractivity (Wildman–Crippen MR) is 115 cm³/mol. The standard InChI is InChI=1S/C21H18NO2S2Se.HI/c1-3-22-15-6-4-5-7-16(15)26-20(22)13-9-14-8-10-17(25-14)18-11-12-19(27-18)21(23)24-2;/h4-13H,3H2,1-2H3;1H/q+1;/p-1/b13-9+;. The van der Waals surface area contributed by atoms with E-state index in [0.717, 1.165) is 11.0 Å². The maximum Gasteiger partial charge on any atom is -1.00 e. The number of hydrogen-bond acceptors (Lipinski definition) is 4. The number of fused-ring (bicyclic) bond motifs is 1. The van der Waals surface area contributed by atoms with Crippen molar-refractivity contribution >= 4 is 65.5 Å². The minimum absolute atomic E-state index is 0. The van der Waals surface area contributed by atoms with Gasteiger partial charge in [0, 0.05) is 0 Å². The number of aryl methyl sites for hydroxylation is 1. The number of rotatable bonds is 5. The van der Waals surface area contributed by atoms with Crippen LogP contribution < -0.4 is 28.5 Å². The van der Waals surface area contributed by atoms with Crippen molar-refractivity contribution in [2.45, 2.75) is 13.5 Å². The number of carbonyl (C=O) groups excluding carboxylic acids is 1. The molecule has 4 rings (SSSR count). The third-order valence-corrected chi connectivity index (χ3v) is 9.02. The first-order valence-corrected chi connectivity index (χ1v) is 11.9. The first-order valence-electron chi connectivity index (χ1n) is 8.57. The van der Waals surface area contributed by atoms with E-state index >= 15 is 0 Å². The number of nitrogens with zero attached hydrogens (tertiary/aromatic N) is 1. The molecular formula is C21H18INO2S2Se. The van der Waals surface area contributed by atoms with Crippen LogP contribution in [0.1, 0.15) is 26.0 Å². The van der Waals surface area contributed by atoms with Gasteiger partial charge in [0.05, 0.1) is 0 Å². The Morgan fingerprint density at radius 2 is 1.93 bits per heavy atom. The Kier molecular flexibility index (Phi) is 7.28. The van der Waals surface area contributed by atoms with Gasteiger partial charge in [0.1, 0.15) is 0 Å². The summed E-state index contributed by atoms with van der Waals surface area (Å²) in [6.07, 6.45) is 4.39. The third-order valence-electron chi connectivity index (χ3n) is 4.21. The van der Waals surface area contributed by atoms with E-state index in [2.05, 4.69) is 60.0 Å². The van der Waals surface area contributed by atoms with E-state index in [1.54, 1.807) is 11.3 Å². The summed E-state index contributed by atoms with van der Waals surface area (Å²) in [7, 11) is 1.43. The summed E-state index contributed by atoms with van der Waals surface area (Å²) >= 11 is 3.60. The van der Waals surface area contributed by atoms with Crippen molar-refractivity contribution in [1.82, 2.24) is 0 Å². The Bertz CT molecular complexity index is 1140. The van der Waals surface area contributed by atoms with Crippen LogP contribution in [-0.4, -0.2) is 27.6 Å². The maximum atomic E-state index is 11.7. The Hall–Kier alpha value is -1.25. The molecule has 0 aliphatic rings. The molecule has 0 bridgehead atoms. The van der Waals surface area contributed by atoms with Crippen LogP contribution in [0, 0.1) is 0 Å². The Labute approximate surface area is 195 Å². The molecule has 28 heavy (non-hydrogen) atoms. The summed E-state index contributed by atoms with van der Waals surface area (Å²) in [5.74, 6) is -0.216. The number of esters is 1. The summed E-state index contributed by atoms with van der Waals surface area (Å²) < 4.78 is 10.5. The number of para-hydroxylation sites is 1. The molecule has 3 aromatic heterocycles. The van der Waals surface area contributed by atoms with Crippen LogP contribution in [0.4, 0.5) is 0 Å². The zero-order valence-corrected chi connectivity index (χ0v) is 20.9. The number of halogens is 1. The summed E-state index contributed by atoms with van der Waals surface area (Å²) in [6.45, 7) is 3.14. The number of carbonyl (C=O) groups is 1. The number of aromatic nitrogens is 1. The topological polar surface area (TPSA) is 30.2 Å². The number of thiazole rings is 1. The molecule has 0 aliphatic carbocycles. The van der Waals surface area contributed by atoms with Crippen molar-refractivity contribution < 1.29 is 38.1 Å². The van der Waals surface area contributed by atoms with Crippen molar-refractivity contribution in [2.24, 2.45) is 0 Å². The van der Waals surface area contributed by atoms with E-state index in [1.807, 2.05) is 23.5 Å². The molecule has 3 heterocycles. The Morgan fingerprint density at radius 1 is 1.11 bits per heavy atom. The van der Waals surface area contributed by atoms with Crippen LogP contribution in [0.2, 0.25) is 0 Å². The summed E-state index contributed by atoms with van der Waals surface area (Å²) in [4.78, 5) is 14.1. The van der Waals surface area contributed by atoms with Gasteiger partial charge in [-0.25, -0.2) is 0 Å². The van der Waals surface area contributed by atoms with Gasteiger partial charge >= 0.3 is 172 Å². The molecule has 0 unspecified atom stereocenters. The van der Waals surface area contributed by atoms with Gasteiger partial charge in [-0.3, -0.25) is 0 Å². The second-order valence-electron chi connectivity index (χ2n) is 5.84. The van der Waals surface area contributed by atoms with Crippen molar-refractivity contribution in [3.05, 3.63) is 62.9 Å². The zero-order valence-electron chi connectivity index (χ0n) is 15.3. The number of methoxy groups -OCH3 is 1. The summed E-state index contributed by atoms with van der Waals surface area (Å²) in [6, 6.07) is 16.8. The van der Waals surface area contributed by atoms with Crippen LogP contribution in [-0.2, 0) is 11.3 Å². The molecule has 0 amide bonds. The first kappa shape index (κ1) is 21.5. The molecular weight excluding hydrogens is 568 g/mol. The average Bonchev–Trinajstić information content (AvgIpc) is 3.42. The Balaban J connectivity index is 0.00000225. The number of hydrogen-bond donors (Lipinski definition) is 0. The molecule has 144 valence electrons. The van der Waals surface area contributed by atoms with Crippen LogP contribution in [0.5, 0.6) is 0 Å². The SMILES string of the molecule is CC[n+]1c(/C=C/c2ccc(-c3ccc(C(=O)OC)[se]3)s2)sc2ccccc21.[I-]. The van der Waals surface area contributed by atoms with E-state index in [-0.39, 0.29) is 44.4 Å². The monoisotopic (exact) mass is 587 g/mol. The van der Waals surface area contributed by atoms with Gasteiger partial charge in [-0.1, -0.05) is 0 Å². The fourth-order valence-electron chi connectivity index (χ4n) is 2.91. The molecule has 0 radical (unpaired) electrons. The number of ether oxygens (including phenoxy) is 1. The van der Waals surface area contributed by atoms with Gasteiger partial charge in [0.25, 0.3) is 0 Å². The minimum Gasteiger partial charge on any atom is -1.00 e. The van der Waals surface area contributed by atoms with Crippen LogP contribution in [0.25, 0.3) is 31.7 Å². The fourth-order valence-corrected chi connectivity index (χ4v) is 7.12. The van der Waals surface area contributed by atoms with E-state index < -0.39 is 0 Å². The molecule has 0 aliphatic heterocycles. The molecule has 3 nitrogen and oxygen atoms in total. The van der Waals surface area contributed by atoms with Crippen LogP contribution in [0.15, 0.2) is 48.5 Å². The smallest absolute Gasteiger partial charge is 1.00 e. The second kappa shape index (κ2) is 9.50. The normalized spacial score (nSPS) is 11.1. The first-order chi connectivity index (χ1) is 13.2. The van der Waals surface area contributed by atoms with Gasteiger partial charge in [-0.05, 0) is 0 Å². The van der Waals surface area contributed by atoms with Crippen molar-refractivity contribution in [3.8, 4) is 9.31 Å². The predicted octanol–water partition coefficient (Wildman–Crippen LogP) is 1.96. The van der Waals surface area contributed by atoms with Gasteiger partial charge in [0.15, 0.2) is 0 Å². The van der Waals surface area contributed by atoms with E-state index in [1.165, 1.54) is 36.5 Å².